The lowest BCUT2D eigenvalue weighted by atomic mass is 10.1. The van der Waals surface area contributed by atoms with Gasteiger partial charge in [0, 0.05) is 24.1 Å². The van der Waals surface area contributed by atoms with Crippen LogP contribution in [0.5, 0.6) is 0 Å². The van der Waals surface area contributed by atoms with Crippen LogP contribution in [-0.4, -0.2) is 16.5 Å². The molecule has 4 heteroatoms. The monoisotopic (exact) mass is 271 g/mol. The first-order valence-corrected chi connectivity index (χ1v) is 7.06. The van der Waals surface area contributed by atoms with Crippen LogP contribution in [0.4, 0.5) is 10.2 Å². The van der Waals surface area contributed by atoms with E-state index in [9.17, 15) is 4.39 Å². The Hall–Kier alpha value is -1.97. The zero-order valence-corrected chi connectivity index (χ0v) is 11.8. The maximum atomic E-state index is 13.4. The van der Waals surface area contributed by atoms with Crippen molar-refractivity contribution in [2.75, 3.05) is 11.9 Å². The van der Waals surface area contributed by atoms with Gasteiger partial charge in [0.25, 0.3) is 0 Å². The SMILES string of the molecule is CCNc1cc(-c2ccc(F)c(C)c2)nc(C2CC2)n1. The molecule has 1 fully saturated rings. The second kappa shape index (κ2) is 5.19. The Morgan fingerprint density at radius 1 is 1.25 bits per heavy atom. The molecule has 0 unspecified atom stereocenters. The lowest BCUT2D eigenvalue weighted by Gasteiger charge is -2.09. The molecule has 20 heavy (non-hydrogen) atoms. The molecule has 2 aromatic rings. The summed E-state index contributed by atoms with van der Waals surface area (Å²) in [7, 11) is 0. The number of anilines is 1. The Bertz CT molecular complexity index is 636. The summed E-state index contributed by atoms with van der Waals surface area (Å²) in [5, 5.41) is 3.24. The van der Waals surface area contributed by atoms with Crippen molar-refractivity contribution in [3.8, 4) is 11.3 Å². The standard InChI is InChI=1S/C16H18FN3/c1-3-18-15-9-14(19-16(20-15)11-4-5-11)12-6-7-13(17)10(2)8-12/h6-9,11H,3-5H2,1-2H3,(H,18,19,20). The Kier molecular flexibility index (Phi) is 3.38. The maximum Gasteiger partial charge on any atom is 0.134 e. The highest BCUT2D eigenvalue weighted by molar-refractivity contribution is 5.63. The average Bonchev–Trinajstić information content (AvgIpc) is 3.26. The molecule has 1 aliphatic rings. The highest BCUT2D eigenvalue weighted by atomic mass is 19.1. The predicted octanol–water partition coefficient (Wildman–Crippen LogP) is 3.90. The molecule has 1 saturated carbocycles. The second-order valence-corrected chi connectivity index (χ2v) is 5.27. The Labute approximate surface area is 118 Å². The van der Waals surface area contributed by atoms with E-state index >= 15 is 0 Å². The van der Waals surface area contributed by atoms with Gasteiger partial charge >= 0.3 is 0 Å². The second-order valence-electron chi connectivity index (χ2n) is 5.27. The predicted molar refractivity (Wildman–Crippen MR) is 78.3 cm³/mol. The molecule has 1 heterocycles. The van der Waals surface area contributed by atoms with Crippen molar-refractivity contribution in [3.63, 3.8) is 0 Å². The van der Waals surface area contributed by atoms with Crippen molar-refractivity contribution in [1.29, 1.82) is 0 Å². The van der Waals surface area contributed by atoms with Gasteiger partial charge in [-0.1, -0.05) is 0 Å². The van der Waals surface area contributed by atoms with Crippen molar-refractivity contribution in [2.45, 2.75) is 32.6 Å². The number of hydrogen-bond donors (Lipinski definition) is 1. The minimum absolute atomic E-state index is 0.183. The van der Waals surface area contributed by atoms with Crippen molar-refractivity contribution in [3.05, 3.63) is 41.5 Å². The molecule has 0 spiro atoms. The van der Waals surface area contributed by atoms with Crippen LogP contribution in [-0.2, 0) is 0 Å². The summed E-state index contributed by atoms with van der Waals surface area (Å²) in [6.45, 7) is 4.64. The van der Waals surface area contributed by atoms with Crippen LogP contribution in [0.25, 0.3) is 11.3 Å². The van der Waals surface area contributed by atoms with Crippen LogP contribution in [0.3, 0.4) is 0 Å². The number of halogens is 1. The van der Waals surface area contributed by atoms with Crippen LogP contribution in [0.2, 0.25) is 0 Å². The van der Waals surface area contributed by atoms with E-state index < -0.39 is 0 Å². The summed E-state index contributed by atoms with van der Waals surface area (Å²) in [4.78, 5) is 9.20. The first kappa shape index (κ1) is 13.0. The lowest BCUT2D eigenvalue weighted by molar-refractivity contribution is 0.618. The molecule has 1 aliphatic carbocycles. The van der Waals surface area contributed by atoms with Crippen molar-refractivity contribution >= 4 is 5.82 Å². The van der Waals surface area contributed by atoms with Crippen LogP contribution in [0, 0.1) is 12.7 Å². The third kappa shape index (κ3) is 2.64. The smallest absolute Gasteiger partial charge is 0.134 e. The Balaban J connectivity index is 2.04. The Morgan fingerprint density at radius 2 is 2.05 bits per heavy atom. The van der Waals surface area contributed by atoms with Crippen LogP contribution >= 0.6 is 0 Å². The summed E-state index contributed by atoms with van der Waals surface area (Å²) < 4.78 is 13.4. The van der Waals surface area contributed by atoms with E-state index in [1.165, 1.54) is 6.07 Å². The minimum Gasteiger partial charge on any atom is -0.370 e. The van der Waals surface area contributed by atoms with Crippen LogP contribution in [0.15, 0.2) is 24.3 Å². The molecule has 0 saturated heterocycles. The van der Waals surface area contributed by atoms with Gasteiger partial charge in [-0.15, -0.1) is 0 Å². The minimum atomic E-state index is -0.183. The Morgan fingerprint density at radius 3 is 2.70 bits per heavy atom. The number of rotatable bonds is 4. The van der Waals surface area contributed by atoms with E-state index in [0.717, 1.165) is 42.3 Å². The molecule has 3 rings (SSSR count). The van der Waals surface area contributed by atoms with Gasteiger partial charge in [-0.2, -0.15) is 0 Å². The van der Waals surface area contributed by atoms with Crippen LogP contribution in [0.1, 0.15) is 37.1 Å². The molecule has 1 N–H and O–H groups in total. The van der Waals surface area contributed by atoms with Gasteiger partial charge in [0.15, 0.2) is 0 Å². The van der Waals surface area contributed by atoms with Crippen molar-refractivity contribution in [1.82, 2.24) is 9.97 Å². The molecule has 1 aromatic carbocycles. The summed E-state index contributed by atoms with van der Waals surface area (Å²) in [5.74, 6) is 2.06. The molecule has 0 radical (unpaired) electrons. The molecule has 0 bridgehead atoms. The summed E-state index contributed by atoms with van der Waals surface area (Å²) in [5.41, 5.74) is 2.44. The normalized spacial score (nSPS) is 14.3. The first-order chi connectivity index (χ1) is 9.67. The topological polar surface area (TPSA) is 37.8 Å². The molecular formula is C16H18FN3. The third-order valence-corrected chi connectivity index (χ3v) is 3.50. The van der Waals surface area contributed by atoms with Gasteiger partial charge in [0.2, 0.25) is 0 Å². The molecule has 104 valence electrons. The number of aromatic nitrogens is 2. The number of benzene rings is 1. The number of nitrogens with zero attached hydrogens (tertiary/aromatic N) is 2. The molecule has 0 amide bonds. The van der Waals surface area contributed by atoms with E-state index in [4.69, 9.17) is 0 Å². The molecular weight excluding hydrogens is 253 g/mol. The van der Waals surface area contributed by atoms with E-state index in [1.54, 1.807) is 13.0 Å². The van der Waals surface area contributed by atoms with Crippen LogP contribution < -0.4 is 5.32 Å². The van der Waals surface area contributed by atoms with E-state index in [2.05, 4.69) is 15.3 Å². The number of nitrogens with one attached hydrogen (secondary N) is 1. The van der Waals surface area contributed by atoms with Gasteiger partial charge in [0.05, 0.1) is 5.69 Å². The van der Waals surface area contributed by atoms with Gasteiger partial charge in [-0.25, -0.2) is 14.4 Å². The maximum absolute atomic E-state index is 13.4. The number of aryl methyl sites for hydroxylation is 1. The largest absolute Gasteiger partial charge is 0.370 e. The lowest BCUT2D eigenvalue weighted by Crippen LogP contribution is -2.04. The van der Waals surface area contributed by atoms with Crippen molar-refractivity contribution < 1.29 is 4.39 Å². The zero-order chi connectivity index (χ0) is 14.1. The quantitative estimate of drug-likeness (QED) is 0.916. The fourth-order valence-electron chi connectivity index (χ4n) is 2.21. The molecule has 1 aromatic heterocycles. The molecule has 3 nitrogen and oxygen atoms in total. The van der Waals surface area contributed by atoms with E-state index in [0.29, 0.717) is 11.5 Å². The highest BCUT2D eigenvalue weighted by Gasteiger charge is 2.27. The average molecular weight is 271 g/mol. The first-order valence-electron chi connectivity index (χ1n) is 7.06. The fraction of sp³-hybridized carbons (Fsp3) is 0.375. The van der Waals surface area contributed by atoms with E-state index in [1.807, 2.05) is 19.1 Å². The zero-order valence-electron chi connectivity index (χ0n) is 11.8. The summed E-state index contributed by atoms with van der Waals surface area (Å²) >= 11 is 0. The molecule has 0 atom stereocenters. The summed E-state index contributed by atoms with van der Waals surface area (Å²) in [6.07, 6.45) is 2.33. The van der Waals surface area contributed by atoms with Crippen molar-refractivity contribution in [2.24, 2.45) is 0 Å². The van der Waals surface area contributed by atoms with Gasteiger partial charge < -0.3 is 5.32 Å². The fourth-order valence-corrected chi connectivity index (χ4v) is 2.21. The van der Waals surface area contributed by atoms with Gasteiger partial charge in [-0.05, 0) is 50.5 Å². The van der Waals surface area contributed by atoms with Gasteiger partial charge in [-0.3, -0.25) is 0 Å². The highest BCUT2D eigenvalue weighted by Crippen LogP contribution is 2.39. The summed E-state index contributed by atoms with van der Waals surface area (Å²) in [6, 6.07) is 7.04. The third-order valence-electron chi connectivity index (χ3n) is 3.50. The van der Waals surface area contributed by atoms with Gasteiger partial charge in [0.1, 0.15) is 17.5 Å². The molecule has 0 aliphatic heterocycles. The number of hydrogen-bond acceptors (Lipinski definition) is 3. The van der Waals surface area contributed by atoms with E-state index in [-0.39, 0.29) is 5.82 Å².